The van der Waals surface area contributed by atoms with E-state index in [1.165, 1.54) is 0 Å². The number of halogens is 3. The van der Waals surface area contributed by atoms with E-state index in [4.69, 9.17) is 9.47 Å². The largest absolute Gasteiger partial charge is 0.489 e. The van der Waals surface area contributed by atoms with Crippen LogP contribution in [0.1, 0.15) is 35.6 Å². The van der Waals surface area contributed by atoms with Crippen LogP contribution >= 0.6 is 0 Å². The lowest BCUT2D eigenvalue weighted by Crippen LogP contribution is -2.55. The highest BCUT2D eigenvalue weighted by Gasteiger charge is 2.39. The Labute approximate surface area is 344 Å². The van der Waals surface area contributed by atoms with Gasteiger partial charge in [0.2, 0.25) is 23.6 Å². The summed E-state index contributed by atoms with van der Waals surface area (Å²) in [5, 5.41) is 21.3. The molecule has 318 valence electrons. The molecule has 4 rings (SSSR count). The monoisotopic (exact) mass is 833 g/mol. The minimum absolute atomic E-state index is 0.00200. The molecule has 0 fully saturated rings. The maximum atomic E-state index is 13.4. The average molecular weight is 834 g/mol. The van der Waals surface area contributed by atoms with Crippen LogP contribution in [0.25, 0.3) is 0 Å². The second-order valence-corrected chi connectivity index (χ2v) is 13.8. The lowest BCUT2D eigenvalue weighted by molar-refractivity contribution is -0.175. The molecule has 0 aromatic heterocycles. The van der Waals surface area contributed by atoms with Gasteiger partial charge in [0.25, 0.3) is 0 Å². The van der Waals surface area contributed by atoms with Crippen molar-refractivity contribution < 1.29 is 56.5 Å². The summed E-state index contributed by atoms with van der Waals surface area (Å²) >= 11 is 0. The van der Waals surface area contributed by atoms with Gasteiger partial charge >= 0.3 is 18.2 Å². The SMILES string of the molecule is C[C@@H](C[C@H](NC(=O)[C@H](Cc1ccccc1)NC(=O)CNC(=O)CNC(=O)[C@H](Cc1ccc(OCc2ccccc2)cc1)NC(=O)OCc1ccccc1)C(=O)O)C(F)(F)F. The fourth-order valence-electron chi connectivity index (χ4n) is 5.63. The van der Waals surface area contributed by atoms with Gasteiger partial charge in [0, 0.05) is 12.8 Å². The van der Waals surface area contributed by atoms with Gasteiger partial charge in [-0.05, 0) is 40.8 Å². The summed E-state index contributed by atoms with van der Waals surface area (Å²) in [4.78, 5) is 76.8. The van der Waals surface area contributed by atoms with Crippen molar-refractivity contribution in [3.63, 3.8) is 0 Å². The van der Waals surface area contributed by atoms with Crippen molar-refractivity contribution in [2.24, 2.45) is 5.92 Å². The molecule has 0 aliphatic heterocycles. The van der Waals surface area contributed by atoms with Crippen LogP contribution in [-0.4, -0.2) is 78.2 Å². The fourth-order valence-corrected chi connectivity index (χ4v) is 5.63. The van der Waals surface area contributed by atoms with Gasteiger partial charge < -0.3 is 41.2 Å². The van der Waals surface area contributed by atoms with Gasteiger partial charge in [0.1, 0.15) is 37.1 Å². The number of carboxylic acid groups (broad SMARTS) is 1. The molecule has 0 saturated heterocycles. The molecule has 0 unspecified atom stereocenters. The summed E-state index contributed by atoms with van der Waals surface area (Å²) in [5.74, 6) is -6.68. The van der Waals surface area contributed by atoms with Gasteiger partial charge in [-0.15, -0.1) is 0 Å². The normalized spacial score (nSPS) is 13.0. The molecule has 0 aliphatic rings. The highest BCUT2D eigenvalue weighted by molar-refractivity contribution is 5.93. The quantitative estimate of drug-likeness (QED) is 0.0711. The lowest BCUT2D eigenvalue weighted by Gasteiger charge is -2.24. The van der Waals surface area contributed by atoms with Crippen molar-refractivity contribution in [2.75, 3.05) is 13.1 Å². The number of hydrogen-bond donors (Lipinski definition) is 6. The number of carbonyl (C=O) groups excluding carboxylic acids is 5. The predicted octanol–water partition coefficient (Wildman–Crippen LogP) is 4.22. The number of alkyl halides is 3. The molecule has 0 aliphatic carbocycles. The molecule has 4 aromatic rings. The Kier molecular flexibility index (Phi) is 17.5. The van der Waals surface area contributed by atoms with Crippen LogP contribution in [0.2, 0.25) is 0 Å². The number of amides is 5. The minimum Gasteiger partial charge on any atom is -0.489 e. The summed E-state index contributed by atoms with van der Waals surface area (Å²) < 4.78 is 50.6. The smallest absolute Gasteiger partial charge is 0.408 e. The van der Waals surface area contributed by atoms with Crippen molar-refractivity contribution >= 4 is 35.7 Å². The third-order valence-electron chi connectivity index (χ3n) is 9.00. The molecule has 17 heteroatoms. The zero-order valence-electron chi connectivity index (χ0n) is 32.6. The predicted molar refractivity (Wildman–Crippen MR) is 212 cm³/mol. The van der Waals surface area contributed by atoms with E-state index in [9.17, 15) is 47.0 Å². The van der Waals surface area contributed by atoms with Crippen molar-refractivity contribution in [3.05, 3.63) is 138 Å². The number of carbonyl (C=O) groups is 6. The summed E-state index contributed by atoms with van der Waals surface area (Å²) in [6.07, 6.45) is -6.70. The molecule has 6 N–H and O–H groups in total. The zero-order valence-corrected chi connectivity index (χ0v) is 32.6. The van der Waals surface area contributed by atoms with Crippen molar-refractivity contribution in [3.8, 4) is 5.75 Å². The second-order valence-electron chi connectivity index (χ2n) is 13.8. The topological polar surface area (TPSA) is 201 Å². The molecule has 0 spiro atoms. The van der Waals surface area contributed by atoms with E-state index in [2.05, 4.69) is 26.6 Å². The van der Waals surface area contributed by atoms with Crippen LogP contribution in [0.4, 0.5) is 18.0 Å². The standard InChI is InChI=1S/C43H46F3N5O9/c1-28(43(44,45)46)21-36(41(56)57)50-40(55)35(22-29-11-5-2-6-12-29)49-38(53)25-47-37(52)24-48-39(54)34(51-42(58)60-27-32-15-9-4-10-16-32)23-30-17-19-33(20-18-30)59-26-31-13-7-3-8-14-31/h2-20,28,34-36H,21-27H2,1H3,(H,47,52)(H,48,54)(H,49,53)(H,50,55)(H,51,58)(H,56,57)/t28-,34-,35-,36-/m0/s1. The van der Waals surface area contributed by atoms with Gasteiger partial charge in [-0.2, -0.15) is 13.2 Å². The average Bonchev–Trinajstić information content (AvgIpc) is 3.23. The van der Waals surface area contributed by atoms with Gasteiger partial charge in [0.15, 0.2) is 0 Å². The fraction of sp³-hybridized carbons (Fsp3) is 0.302. The van der Waals surface area contributed by atoms with Gasteiger partial charge in [-0.1, -0.05) is 110 Å². The molecule has 14 nitrogen and oxygen atoms in total. The van der Waals surface area contributed by atoms with E-state index in [0.29, 0.717) is 29.0 Å². The van der Waals surface area contributed by atoms with E-state index < -0.39 is 85.4 Å². The Hall–Kier alpha value is -6.91. The first-order valence-corrected chi connectivity index (χ1v) is 18.9. The highest BCUT2D eigenvalue weighted by atomic mass is 19.4. The maximum absolute atomic E-state index is 13.4. The number of hydrogen-bond acceptors (Lipinski definition) is 8. The Morgan fingerprint density at radius 2 is 1.08 bits per heavy atom. The van der Waals surface area contributed by atoms with Crippen LogP contribution in [0.15, 0.2) is 115 Å². The van der Waals surface area contributed by atoms with Crippen LogP contribution in [0.5, 0.6) is 5.75 Å². The molecular weight excluding hydrogens is 787 g/mol. The molecule has 5 amide bonds. The van der Waals surface area contributed by atoms with Gasteiger partial charge in [-0.25, -0.2) is 9.59 Å². The van der Waals surface area contributed by atoms with Crippen LogP contribution in [0.3, 0.4) is 0 Å². The summed E-state index contributed by atoms with van der Waals surface area (Å²) in [6, 6.07) is 29.0. The third kappa shape index (κ3) is 16.2. The van der Waals surface area contributed by atoms with E-state index in [1.807, 2.05) is 30.3 Å². The molecule has 60 heavy (non-hydrogen) atoms. The zero-order chi connectivity index (χ0) is 43.5. The first-order valence-electron chi connectivity index (χ1n) is 18.9. The van der Waals surface area contributed by atoms with Crippen LogP contribution < -0.4 is 31.3 Å². The van der Waals surface area contributed by atoms with Gasteiger partial charge in [-0.3, -0.25) is 19.2 Å². The Bertz CT molecular complexity index is 2020. The first-order chi connectivity index (χ1) is 28.7. The molecule has 4 aromatic carbocycles. The van der Waals surface area contributed by atoms with Crippen LogP contribution in [0, 0.1) is 5.92 Å². The van der Waals surface area contributed by atoms with E-state index in [1.54, 1.807) is 84.9 Å². The summed E-state index contributed by atoms with van der Waals surface area (Å²) in [6.45, 7) is -0.247. The number of rotatable bonds is 21. The molecule has 0 bridgehead atoms. The minimum atomic E-state index is -4.70. The summed E-state index contributed by atoms with van der Waals surface area (Å²) in [7, 11) is 0. The van der Waals surface area contributed by atoms with Gasteiger partial charge in [0.05, 0.1) is 19.0 Å². The number of alkyl carbamates (subject to hydrolysis) is 1. The number of carboxylic acids is 1. The van der Waals surface area contributed by atoms with E-state index >= 15 is 0 Å². The maximum Gasteiger partial charge on any atom is 0.408 e. The molecule has 0 saturated carbocycles. The van der Waals surface area contributed by atoms with Crippen LogP contribution in [-0.2, 0) is 54.8 Å². The molecule has 4 atom stereocenters. The number of benzene rings is 4. The van der Waals surface area contributed by atoms with Crippen molar-refractivity contribution in [1.29, 1.82) is 0 Å². The molecule has 0 heterocycles. The van der Waals surface area contributed by atoms with Crippen molar-refractivity contribution in [1.82, 2.24) is 26.6 Å². The second kappa shape index (κ2) is 22.9. The van der Waals surface area contributed by atoms with E-state index in [-0.39, 0.29) is 19.4 Å². The van der Waals surface area contributed by atoms with Crippen molar-refractivity contribution in [2.45, 2.75) is 63.7 Å². The number of nitrogens with one attached hydrogen (secondary N) is 5. The molecular formula is C43H46F3N5O9. The Morgan fingerprint density at radius 3 is 1.63 bits per heavy atom. The molecule has 0 radical (unpaired) electrons. The number of aliphatic carboxylic acids is 1. The first kappa shape index (κ1) is 45.8. The summed E-state index contributed by atoms with van der Waals surface area (Å²) in [5.41, 5.74) is 2.88. The number of ether oxygens (including phenoxy) is 2. The third-order valence-corrected chi connectivity index (χ3v) is 9.00. The lowest BCUT2D eigenvalue weighted by atomic mass is 10.00. The Balaban J connectivity index is 1.34. The highest BCUT2D eigenvalue weighted by Crippen LogP contribution is 2.29. The Morgan fingerprint density at radius 1 is 0.583 bits per heavy atom. The van der Waals surface area contributed by atoms with E-state index in [0.717, 1.165) is 12.5 Å².